The standard InChI is InChI=1S/C21H18ClNO4/c22-17-7-3-4-8-18(17)23-20(24)12-26-13-9-10-15-14-5-1-2-6-16(14)21(25)27-19(15)11-13/h3-4,7-11H,1-2,5-6,12H2,(H,23,24). The predicted molar refractivity (Wildman–Crippen MR) is 105 cm³/mol. The Morgan fingerprint density at radius 3 is 2.70 bits per heavy atom. The Hall–Kier alpha value is -2.79. The van der Waals surface area contributed by atoms with Crippen molar-refractivity contribution in [2.75, 3.05) is 11.9 Å². The van der Waals surface area contributed by atoms with Crippen LogP contribution in [0.2, 0.25) is 5.02 Å². The van der Waals surface area contributed by atoms with Crippen molar-refractivity contribution in [3.8, 4) is 5.75 Å². The van der Waals surface area contributed by atoms with Gasteiger partial charge in [-0.2, -0.15) is 0 Å². The number of benzene rings is 2. The van der Waals surface area contributed by atoms with Crippen molar-refractivity contribution >= 4 is 34.2 Å². The number of carbonyl (C=O) groups excluding carboxylic acids is 1. The topological polar surface area (TPSA) is 68.5 Å². The first-order valence-corrected chi connectivity index (χ1v) is 9.25. The summed E-state index contributed by atoms with van der Waals surface area (Å²) in [6.45, 7) is -0.175. The van der Waals surface area contributed by atoms with Crippen LogP contribution >= 0.6 is 11.6 Å². The van der Waals surface area contributed by atoms with E-state index in [-0.39, 0.29) is 18.1 Å². The smallest absolute Gasteiger partial charge is 0.339 e. The van der Waals surface area contributed by atoms with Gasteiger partial charge in [0.05, 0.1) is 10.7 Å². The Labute approximate surface area is 160 Å². The van der Waals surface area contributed by atoms with E-state index in [0.29, 0.717) is 22.0 Å². The molecule has 2 aromatic carbocycles. The highest BCUT2D eigenvalue weighted by atomic mass is 35.5. The van der Waals surface area contributed by atoms with Gasteiger partial charge in [0, 0.05) is 17.0 Å². The van der Waals surface area contributed by atoms with Crippen molar-refractivity contribution in [2.24, 2.45) is 0 Å². The maximum absolute atomic E-state index is 12.2. The van der Waals surface area contributed by atoms with Gasteiger partial charge < -0.3 is 14.5 Å². The molecule has 4 rings (SSSR count). The van der Waals surface area contributed by atoms with Gasteiger partial charge in [-0.15, -0.1) is 0 Å². The van der Waals surface area contributed by atoms with Crippen molar-refractivity contribution < 1.29 is 13.9 Å². The summed E-state index contributed by atoms with van der Waals surface area (Å²) in [4.78, 5) is 24.3. The van der Waals surface area contributed by atoms with Crippen LogP contribution in [0.15, 0.2) is 51.7 Å². The second-order valence-electron chi connectivity index (χ2n) is 6.53. The Balaban J connectivity index is 1.50. The molecule has 1 aromatic heterocycles. The second kappa shape index (κ2) is 7.45. The van der Waals surface area contributed by atoms with Gasteiger partial charge in [-0.05, 0) is 55.5 Å². The zero-order valence-corrected chi connectivity index (χ0v) is 15.3. The number of hydrogen-bond donors (Lipinski definition) is 1. The number of anilines is 1. The van der Waals surface area contributed by atoms with Crippen LogP contribution in [0.4, 0.5) is 5.69 Å². The highest BCUT2D eigenvalue weighted by Crippen LogP contribution is 2.29. The van der Waals surface area contributed by atoms with Crippen LogP contribution in [0.5, 0.6) is 5.75 Å². The Morgan fingerprint density at radius 2 is 1.89 bits per heavy atom. The zero-order valence-electron chi connectivity index (χ0n) is 14.6. The van der Waals surface area contributed by atoms with Gasteiger partial charge in [0.15, 0.2) is 6.61 Å². The summed E-state index contributed by atoms with van der Waals surface area (Å²) in [5, 5.41) is 4.10. The van der Waals surface area contributed by atoms with E-state index in [9.17, 15) is 9.59 Å². The van der Waals surface area contributed by atoms with Gasteiger partial charge in [-0.25, -0.2) is 4.79 Å². The third kappa shape index (κ3) is 3.69. The highest BCUT2D eigenvalue weighted by Gasteiger charge is 2.18. The third-order valence-corrected chi connectivity index (χ3v) is 5.04. The molecule has 0 saturated carbocycles. The molecule has 1 aliphatic rings. The lowest BCUT2D eigenvalue weighted by molar-refractivity contribution is -0.118. The molecule has 1 amide bonds. The summed E-state index contributed by atoms with van der Waals surface area (Å²) in [5.41, 5.74) is 2.62. The minimum absolute atomic E-state index is 0.175. The number of ether oxygens (including phenoxy) is 1. The molecule has 0 spiro atoms. The number of fused-ring (bicyclic) bond motifs is 3. The minimum atomic E-state index is -0.324. The monoisotopic (exact) mass is 383 g/mol. The minimum Gasteiger partial charge on any atom is -0.484 e. The van der Waals surface area contributed by atoms with E-state index in [4.69, 9.17) is 20.8 Å². The summed E-state index contributed by atoms with van der Waals surface area (Å²) in [6.07, 6.45) is 3.75. The first kappa shape index (κ1) is 17.6. The number of aryl methyl sites for hydroxylation is 1. The zero-order chi connectivity index (χ0) is 18.8. The summed E-state index contributed by atoms with van der Waals surface area (Å²) < 4.78 is 11.0. The maximum atomic E-state index is 12.2. The molecule has 0 fully saturated rings. The fraction of sp³-hybridized carbons (Fsp3) is 0.238. The summed E-state index contributed by atoms with van der Waals surface area (Å²) in [5.74, 6) is 0.144. The molecule has 0 bridgehead atoms. The summed E-state index contributed by atoms with van der Waals surface area (Å²) in [7, 11) is 0. The number of halogens is 1. The Bertz CT molecular complexity index is 1070. The molecule has 1 N–H and O–H groups in total. The van der Waals surface area contributed by atoms with E-state index < -0.39 is 0 Å². The van der Waals surface area contributed by atoms with Gasteiger partial charge in [0.2, 0.25) is 0 Å². The van der Waals surface area contributed by atoms with Gasteiger partial charge in [-0.3, -0.25) is 4.79 Å². The van der Waals surface area contributed by atoms with Crippen molar-refractivity contribution in [1.29, 1.82) is 0 Å². The molecule has 5 nitrogen and oxygen atoms in total. The fourth-order valence-corrected chi connectivity index (χ4v) is 3.60. The molecule has 0 atom stereocenters. The lowest BCUT2D eigenvalue weighted by atomic mass is 9.91. The normalized spacial score (nSPS) is 13.2. The molecule has 0 aliphatic heterocycles. The number of para-hydroxylation sites is 1. The van der Waals surface area contributed by atoms with Gasteiger partial charge in [0.1, 0.15) is 11.3 Å². The van der Waals surface area contributed by atoms with E-state index in [0.717, 1.165) is 42.2 Å². The summed E-state index contributed by atoms with van der Waals surface area (Å²) >= 11 is 6.03. The molecule has 0 saturated heterocycles. The van der Waals surface area contributed by atoms with Crippen LogP contribution in [0.3, 0.4) is 0 Å². The van der Waals surface area contributed by atoms with Crippen LogP contribution in [-0.4, -0.2) is 12.5 Å². The number of rotatable bonds is 4. The van der Waals surface area contributed by atoms with Crippen molar-refractivity contribution in [2.45, 2.75) is 25.7 Å². The lowest BCUT2D eigenvalue weighted by Gasteiger charge is -2.16. The Morgan fingerprint density at radius 1 is 1.11 bits per heavy atom. The molecule has 0 radical (unpaired) electrons. The van der Waals surface area contributed by atoms with E-state index in [1.807, 2.05) is 6.07 Å². The fourth-order valence-electron chi connectivity index (χ4n) is 3.41. The highest BCUT2D eigenvalue weighted by molar-refractivity contribution is 6.33. The molecular weight excluding hydrogens is 366 g/mol. The molecule has 27 heavy (non-hydrogen) atoms. The van der Waals surface area contributed by atoms with Gasteiger partial charge >= 0.3 is 5.63 Å². The van der Waals surface area contributed by atoms with E-state index >= 15 is 0 Å². The molecular formula is C21H18ClNO4. The molecule has 3 aromatic rings. The molecule has 0 unspecified atom stereocenters. The van der Waals surface area contributed by atoms with Crippen molar-refractivity contribution in [1.82, 2.24) is 0 Å². The van der Waals surface area contributed by atoms with Crippen molar-refractivity contribution in [3.63, 3.8) is 0 Å². The van der Waals surface area contributed by atoms with Gasteiger partial charge in [0.25, 0.3) is 5.91 Å². The average molecular weight is 384 g/mol. The lowest BCUT2D eigenvalue weighted by Crippen LogP contribution is -2.20. The molecule has 1 aliphatic carbocycles. The SMILES string of the molecule is O=C(COc1ccc2c3c(c(=O)oc2c1)CCCC3)Nc1ccccc1Cl. The Kier molecular flexibility index (Phi) is 4.86. The molecule has 6 heteroatoms. The quantitative estimate of drug-likeness (QED) is 0.680. The third-order valence-electron chi connectivity index (χ3n) is 4.71. The van der Waals surface area contributed by atoms with Crippen LogP contribution in [0.25, 0.3) is 11.0 Å². The second-order valence-corrected chi connectivity index (χ2v) is 6.94. The van der Waals surface area contributed by atoms with E-state index in [1.165, 1.54) is 0 Å². The van der Waals surface area contributed by atoms with Crippen LogP contribution in [-0.2, 0) is 17.6 Å². The van der Waals surface area contributed by atoms with Crippen molar-refractivity contribution in [3.05, 3.63) is 69.0 Å². The van der Waals surface area contributed by atoms with Crippen LogP contribution in [0.1, 0.15) is 24.0 Å². The largest absolute Gasteiger partial charge is 0.484 e. The van der Waals surface area contributed by atoms with E-state index in [1.54, 1.807) is 36.4 Å². The van der Waals surface area contributed by atoms with Crippen LogP contribution in [0, 0.1) is 0 Å². The average Bonchev–Trinajstić information content (AvgIpc) is 2.68. The van der Waals surface area contributed by atoms with Crippen LogP contribution < -0.4 is 15.7 Å². The molecule has 138 valence electrons. The number of nitrogens with one attached hydrogen (secondary N) is 1. The maximum Gasteiger partial charge on any atom is 0.339 e. The number of amides is 1. The first-order chi connectivity index (χ1) is 13.1. The van der Waals surface area contributed by atoms with E-state index in [2.05, 4.69) is 5.32 Å². The van der Waals surface area contributed by atoms with Gasteiger partial charge in [-0.1, -0.05) is 23.7 Å². The number of carbonyl (C=O) groups is 1. The molecule has 1 heterocycles. The summed E-state index contributed by atoms with van der Waals surface area (Å²) in [6, 6.07) is 12.3. The predicted octanol–water partition coefficient (Wildman–Crippen LogP) is 4.34. The number of hydrogen-bond acceptors (Lipinski definition) is 4. The first-order valence-electron chi connectivity index (χ1n) is 8.87.